The van der Waals surface area contributed by atoms with Gasteiger partial charge in [-0.1, -0.05) is 26.2 Å². The number of hydrogen-bond donors (Lipinski definition) is 2. The van der Waals surface area contributed by atoms with Gasteiger partial charge in [-0.05, 0) is 38.0 Å². The highest BCUT2D eigenvalue weighted by Gasteiger charge is 2.34. The lowest BCUT2D eigenvalue weighted by molar-refractivity contribution is -0.134. The Morgan fingerprint density at radius 3 is 2.65 bits per heavy atom. The fourth-order valence-corrected chi connectivity index (χ4v) is 6.51. The van der Waals surface area contributed by atoms with Crippen molar-refractivity contribution in [1.29, 1.82) is 0 Å². The Balaban J connectivity index is 1.62. The molecule has 0 saturated heterocycles. The molecule has 3 atom stereocenters. The molecular formula is C28H41N5O6S. The van der Waals surface area contributed by atoms with Gasteiger partial charge in [0.2, 0.25) is 11.8 Å². The van der Waals surface area contributed by atoms with Crippen molar-refractivity contribution in [2.24, 2.45) is 18.9 Å². The van der Waals surface area contributed by atoms with Gasteiger partial charge >= 0.3 is 0 Å². The molecule has 12 heteroatoms. The van der Waals surface area contributed by atoms with Crippen LogP contribution in [-0.4, -0.2) is 83.0 Å². The van der Waals surface area contributed by atoms with Crippen LogP contribution in [-0.2, 0) is 33.1 Å². The average Bonchev–Trinajstić information content (AvgIpc) is 3.40. The van der Waals surface area contributed by atoms with E-state index in [4.69, 9.17) is 4.74 Å². The zero-order valence-electron chi connectivity index (χ0n) is 23.7. The Kier molecular flexibility index (Phi) is 9.52. The maximum atomic E-state index is 13.4. The lowest BCUT2D eigenvalue weighted by Crippen LogP contribution is -2.48. The molecule has 1 fully saturated rings. The van der Waals surface area contributed by atoms with Crippen molar-refractivity contribution in [3.63, 3.8) is 0 Å². The molecule has 220 valence electrons. The SMILES string of the molecule is C[C@H](CO)N1C[C@H](C)[C@H](CN(C)S(=O)(=O)c2cn(C)cn2)Oc2ccc(NC(=O)C3CCCCC3)cc2CC1=O. The zero-order chi connectivity index (χ0) is 29.0. The van der Waals surface area contributed by atoms with E-state index < -0.39 is 22.2 Å². The number of likely N-dealkylation sites (N-methyl/N-ethyl adjacent to an activating group) is 1. The van der Waals surface area contributed by atoms with Crippen LogP contribution in [0.15, 0.2) is 35.7 Å². The van der Waals surface area contributed by atoms with Crippen molar-refractivity contribution in [2.75, 3.05) is 32.1 Å². The number of nitrogens with zero attached hydrogens (tertiary/aromatic N) is 4. The van der Waals surface area contributed by atoms with Crippen LogP contribution in [0.1, 0.15) is 51.5 Å². The number of amides is 2. The molecule has 1 aromatic heterocycles. The molecule has 0 radical (unpaired) electrons. The highest BCUT2D eigenvalue weighted by molar-refractivity contribution is 7.89. The molecule has 4 rings (SSSR count). The number of rotatable bonds is 8. The van der Waals surface area contributed by atoms with Crippen LogP contribution in [0.25, 0.3) is 0 Å². The van der Waals surface area contributed by atoms with Crippen molar-refractivity contribution in [2.45, 2.75) is 69.5 Å². The predicted octanol–water partition coefficient (Wildman–Crippen LogP) is 2.41. The molecule has 1 aliphatic heterocycles. The van der Waals surface area contributed by atoms with E-state index in [2.05, 4.69) is 10.3 Å². The average molecular weight is 576 g/mol. The largest absolute Gasteiger partial charge is 0.488 e. The van der Waals surface area contributed by atoms with Gasteiger partial charge in [-0.3, -0.25) is 9.59 Å². The number of anilines is 1. The van der Waals surface area contributed by atoms with Crippen LogP contribution < -0.4 is 10.1 Å². The molecular weight excluding hydrogens is 534 g/mol. The van der Waals surface area contributed by atoms with E-state index in [0.717, 1.165) is 32.1 Å². The Bertz CT molecular complexity index is 1310. The van der Waals surface area contributed by atoms with Gasteiger partial charge in [0, 0.05) is 49.9 Å². The molecule has 0 spiro atoms. The molecule has 2 N–H and O–H groups in total. The number of benzene rings is 1. The lowest BCUT2D eigenvalue weighted by Gasteiger charge is -2.33. The number of aliphatic hydroxyl groups is 1. The van der Waals surface area contributed by atoms with Gasteiger partial charge in [-0.15, -0.1) is 0 Å². The van der Waals surface area contributed by atoms with Crippen molar-refractivity contribution in [1.82, 2.24) is 18.8 Å². The molecule has 1 saturated carbocycles. The van der Waals surface area contributed by atoms with E-state index >= 15 is 0 Å². The van der Waals surface area contributed by atoms with E-state index in [1.165, 1.54) is 23.9 Å². The highest BCUT2D eigenvalue weighted by atomic mass is 32.2. The number of sulfonamides is 1. The first-order chi connectivity index (χ1) is 19.0. The van der Waals surface area contributed by atoms with E-state index in [1.54, 1.807) is 41.6 Å². The summed E-state index contributed by atoms with van der Waals surface area (Å²) >= 11 is 0. The number of aliphatic hydroxyl groups excluding tert-OH is 1. The molecule has 11 nitrogen and oxygen atoms in total. The summed E-state index contributed by atoms with van der Waals surface area (Å²) < 4.78 is 35.6. The standard InChI is InChI=1S/C28H41N5O6S/c1-19-14-33(20(2)17-34)27(35)13-22-12-23(30-28(36)21-8-6-5-7-9-21)10-11-24(22)39-25(19)15-32(4)40(37,38)26-16-31(3)18-29-26/h10-12,16,18-21,25,34H,5-9,13-15,17H2,1-4H3,(H,30,36)/t19-,20+,25-/m0/s1. The summed E-state index contributed by atoms with van der Waals surface area (Å²) in [6.45, 7) is 3.78. The maximum Gasteiger partial charge on any atom is 0.261 e. The summed E-state index contributed by atoms with van der Waals surface area (Å²) in [4.78, 5) is 31.9. The molecule has 2 aliphatic rings. The Morgan fingerprint density at radius 2 is 2.00 bits per heavy atom. The summed E-state index contributed by atoms with van der Waals surface area (Å²) in [5.41, 5.74) is 1.18. The highest BCUT2D eigenvalue weighted by Crippen LogP contribution is 2.31. The third-order valence-electron chi connectivity index (χ3n) is 7.95. The molecule has 40 heavy (non-hydrogen) atoms. The summed E-state index contributed by atoms with van der Waals surface area (Å²) in [6.07, 6.45) is 7.30. The van der Waals surface area contributed by atoms with Gasteiger partial charge < -0.3 is 24.6 Å². The van der Waals surface area contributed by atoms with Crippen LogP contribution in [0.2, 0.25) is 0 Å². The van der Waals surface area contributed by atoms with E-state index in [-0.39, 0.29) is 54.8 Å². The van der Waals surface area contributed by atoms with E-state index in [0.29, 0.717) is 17.0 Å². The van der Waals surface area contributed by atoms with Crippen molar-refractivity contribution in [3.8, 4) is 5.75 Å². The third kappa shape index (κ3) is 6.84. The molecule has 1 aliphatic carbocycles. The summed E-state index contributed by atoms with van der Waals surface area (Å²) in [5, 5.41) is 12.8. The number of aryl methyl sites for hydroxylation is 1. The third-order valence-corrected chi connectivity index (χ3v) is 9.66. The number of aromatic nitrogens is 2. The second-order valence-electron chi connectivity index (χ2n) is 11.2. The first kappa shape index (κ1) is 30.0. The summed E-state index contributed by atoms with van der Waals surface area (Å²) in [5.74, 6) is -0.0130. The first-order valence-electron chi connectivity index (χ1n) is 13.9. The number of ether oxygens (including phenoxy) is 1. The fraction of sp³-hybridized carbons (Fsp3) is 0.607. The number of carbonyl (C=O) groups is 2. The number of nitrogens with one attached hydrogen (secondary N) is 1. The van der Waals surface area contributed by atoms with Crippen molar-refractivity contribution < 1.29 is 27.9 Å². The second-order valence-corrected chi connectivity index (χ2v) is 13.2. The Morgan fingerprint density at radius 1 is 1.27 bits per heavy atom. The number of imidazole rings is 1. The molecule has 0 bridgehead atoms. The van der Waals surface area contributed by atoms with Gasteiger partial charge in [0.05, 0.1) is 31.9 Å². The Labute approximate surface area is 236 Å². The zero-order valence-corrected chi connectivity index (χ0v) is 24.6. The minimum absolute atomic E-state index is 0.0143. The molecule has 2 aromatic rings. The fourth-order valence-electron chi connectivity index (χ4n) is 5.37. The van der Waals surface area contributed by atoms with Gasteiger partial charge in [-0.2, -0.15) is 4.31 Å². The Hall–Kier alpha value is -2.96. The number of carbonyl (C=O) groups excluding carboxylic acids is 2. The predicted molar refractivity (Wildman–Crippen MR) is 150 cm³/mol. The van der Waals surface area contributed by atoms with Crippen LogP contribution in [0.5, 0.6) is 5.75 Å². The van der Waals surface area contributed by atoms with Crippen molar-refractivity contribution in [3.05, 3.63) is 36.3 Å². The summed E-state index contributed by atoms with van der Waals surface area (Å²) in [6, 6.07) is 4.82. The van der Waals surface area contributed by atoms with E-state index in [9.17, 15) is 23.1 Å². The smallest absolute Gasteiger partial charge is 0.261 e. The summed E-state index contributed by atoms with van der Waals surface area (Å²) in [7, 11) is -0.688. The molecule has 1 aromatic carbocycles. The van der Waals surface area contributed by atoms with Crippen LogP contribution in [0, 0.1) is 11.8 Å². The quantitative estimate of drug-likeness (QED) is 0.494. The normalized spacial score (nSPS) is 21.6. The van der Waals surface area contributed by atoms with Gasteiger partial charge in [0.15, 0.2) is 5.03 Å². The lowest BCUT2D eigenvalue weighted by atomic mass is 9.88. The molecule has 0 unspecified atom stereocenters. The topological polar surface area (TPSA) is 134 Å². The van der Waals surface area contributed by atoms with Crippen LogP contribution >= 0.6 is 0 Å². The monoisotopic (exact) mass is 575 g/mol. The molecule has 2 amide bonds. The number of hydrogen-bond acceptors (Lipinski definition) is 7. The van der Waals surface area contributed by atoms with Crippen LogP contribution in [0.3, 0.4) is 0 Å². The maximum absolute atomic E-state index is 13.4. The van der Waals surface area contributed by atoms with Crippen molar-refractivity contribution >= 4 is 27.5 Å². The minimum Gasteiger partial charge on any atom is -0.488 e. The first-order valence-corrected chi connectivity index (χ1v) is 15.4. The molecule has 2 heterocycles. The minimum atomic E-state index is -3.87. The number of fused-ring (bicyclic) bond motifs is 1. The van der Waals surface area contributed by atoms with E-state index in [1.807, 2.05) is 6.92 Å². The van der Waals surface area contributed by atoms with Gasteiger partial charge in [0.25, 0.3) is 10.0 Å². The van der Waals surface area contributed by atoms with Gasteiger partial charge in [0.1, 0.15) is 11.9 Å². The second kappa shape index (κ2) is 12.7. The van der Waals surface area contributed by atoms with Gasteiger partial charge in [-0.25, -0.2) is 13.4 Å². The van der Waals surface area contributed by atoms with Crippen LogP contribution in [0.4, 0.5) is 5.69 Å².